The monoisotopic (exact) mass is 206 g/mol. The highest BCUT2D eigenvalue weighted by Gasteiger charge is 2.27. The maximum Gasteiger partial charge on any atom is 0.0168 e. The highest BCUT2D eigenvalue weighted by molar-refractivity contribution is 5.91. The van der Waals surface area contributed by atoms with Crippen LogP contribution in [0.1, 0.15) is 41.9 Å². The van der Waals surface area contributed by atoms with E-state index in [4.69, 9.17) is 0 Å². The van der Waals surface area contributed by atoms with Gasteiger partial charge in [0.2, 0.25) is 0 Å². The van der Waals surface area contributed by atoms with E-state index in [9.17, 15) is 0 Å². The molecule has 0 aromatic heterocycles. The van der Waals surface area contributed by atoms with Crippen molar-refractivity contribution in [2.45, 2.75) is 31.6 Å². The standard InChI is InChI=1S/C16H14/c1-3-11-7-9-13-5-2-6-14-10-8-12(4-1)15(11)16(13)14/h1,3-4,8,10,13H,2,5,7,9H2. The summed E-state index contributed by atoms with van der Waals surface area (Å²) in [6.07, 6.45) is 8.60. The van der Waals surface area contributed by atoms with Crippen LogP contribution in [-0.2, 0) is 6.42 Å². The summed E-state index contributed by atoms with van der Waals surface area (Å²) >= 11 is 0. The molecular formula is C16H14. The van der Waals surface area contributed by atoms with Crippen LogP contribution in [0.25, 0.3) is 10.8 Å². The third kappa shape index (κ3) is 1.05. The molecule has 2 aliphatic rings. The zero-order valence-corrected chi connectivity index (χ0v) is 9.29. The molecular weight excluding hydrogens is 192 g/mol. The highest BCUT2D eigenvalue weighted by atomic mass is 14.3. The van der Waals surface area contributed by atoms with E-state index in [0.717, 1.165) is 12.3 Å². The van der Waals surface area contributed by atoms with Crippen molar-refractivity contribution in [1.82, 2.24) is 0 Å². The lowest BCUT2D eigenvalue weighted by atomic mass is 9.73. The van der Waals surface area contributed by atoms with E-state index in [-0.39, 0.29) is 0 Å². The zero-order valence-electron chi connectivity index (χ0n) is 9.29. The summed E-state index contributed by atoms with van der Waals surface area (Å²) in [7, 11) is 0. The van der Waals surface area contributed by atoms with E-state index in [1.54, 1.807) is 16.5 Å². The first-order valence-corrected chi connectivity index (χ1v) is 6.22. The van der Waals surface area contributed by atoms with E-state index in [0.29, 0.717) is 0 Å². The van der Waals surface area contributed by atoms with Gasteiger partial charge in [-0.2, -0.15) is 0 Å². The van der Waals surface area contributed by atoms with Gasteiger partial charge in [0, 0.05) is 6.42 Å². The second-order valence-corrected chi connectivity index (χ2v) is 4.99. The molecule has 2 aromatic rings. The predicted molar refractivity (Wildman–Crippen MR) is 66.6 cm³/mol. The number of rotatable bonds is 0. The Morgan fingerprint density at radius 2 is 2.06 bits per heavy atom. The van der Waals surface area contributed by atoms with Crippen LogP contribution in [0.15, 0.2) is 30.3 Å². The Kier molecular flexibility index (Phi) is 1.71. The molecule has 0 aliphatic heterocycles. The molecule has 2 aliphatic carbocycles. The second-order valence-electron chi connectivity index (χ2n) is 4.99. The van der Waals surface area contributed by atoms with Gasteiger partial charge < -0.3 is 0 Å². The van der Waals surface area contributed by atoms with Gasteiger partial charge in [0.25, 0.3) is 0 Å². The highest BCUT2D eigenvalue weighted by Crippen LogP contribution is 2.44. The topological polar surface area (TPSA) is 0 Å². The molecule has 78 valence electrons. The fourth-order valence-corrected chi connectivity index (χ4v) is 3.42. The van der Waals surface area contributed by atoms with Gasteiger partial charge in [0.15, 0.2) is 0 Å². The van der Waals surface area contributed by atoms with Crippen molar-refractivity contribution in [3.63, 3.8) is 0 Å². The van der Waals surface area contributed by atoms with Crippen molar-refractivity contribution >= 4 is 10.8 Å². The smallest absolute Gasteiger partial charge is 0.0168 e. The quantitative estimate of drug-likeness (QED) is 0.609. The minimum Gasteiger partial charge on any atom is -0.0614 e. The Bertz CT molecular complexity index is 566. The number of hydrogen-bond acceptors (Lipinski definition) is 0. The normalized spacial score (nSPS) is 22.4. The van der Waals surface area contributed by atoms with Crippen molar-refractivity contribution < 1.29 is 0 Å². The van der Waals surface area contributed by atoms with Crippen LogP contribution in [0.3, 0.4) is 0 Å². The van der Waals surface area contributed by atoms with Crippen LogP contribution in [-0.4, -0.2) is 0 Å². The summed E-state index contributed by atoms with van der Waals surface area (Å²) in [5.41, 5.74) is 4.54. The maximum atomic E-state index is 3.55. The first kappa shape index (κ1) is 8.81. The average Bonchev–Trinajstić information content (AvgIpc) is 2.36. The Morgan fingerprint density at radius 1 is 1.06 bits per heavy atom. The van der Waals surface area contributed by atoms with Crippen molar-refractivity contribution in [2.24, 2.45) is 0 Å². The number of benzene rings is 2. The third-order valence-corrected chi connectivity index (χ3v) is 4.15. The van der Waals surface area contributed by atoms with Crippen molar-refractivity contribution in [3.05, 3.63) is 53.4 Å². The summed E-state index contributed by atoms with van der Waals surface area (Å²) in [4.78, 5) is 0. The Labute approximate surface area is 96.3 Å². The molecule has 0 spiro atoms. The molecule has 0 heteroatoms. The van der Waals surface area contributed by atoms with E-state index in [2.05, 4.69) is 36.8 Å². The molecule has 2 radical (unpaired) electrons. The Balaban J connectivity index is 2.17. The van der Waals surface area contributed by atoms with Crippen LogP contribution in [0.2, 0.25) is 0 Å². The van der Waals surface area contributed by atoms with Gasteiger partial charge in [0.1, 0.15) is 0 Å². The predicted octanol–water partition coefficient (Wildman–Crippen LogP) is 4.09. The molecule has 1 atom stereocenters. The van der Waals surface area contributed by atoms with Gasteiger partial charge in [-0.05, 0) is 59.1 Å². The minimum absolute atomic E-state index is 0.801. The van der Waals surface area contributed by atoms with Crippen molar-refractivity contribution in [3.8, 4) is 0 Å². The molecule has 0 amide bonds. The molecule has 4 rings (SSSR count). The van der Waals surface area contributed by atoms with Gasteiger partial charge in [-0.25, -0.2) is 0 Å². The molecule has 0 N–H and O–H groups in total. The molecule has 1 unspecified atom stereocenters. The second kappa shape index (κ2) is 3.10. The lowest BCUT2D eigenvalue weighted by molar-refractivity contribution is 0.550. The molecule has 0 nitrogen and oxygen atoms in total. The third-order valence-electron chi connectivity index (χ3n) is 4.15. The summed E-state index contributed by atoms with van der Waals surface area (Å²) in [5, 5.41) is 2.97. The fourth-order valence-electron chi connectivity index (χ4n) is 3.42. The van der Waals surface area contributed by atoms with E-state index < -0.39 is 0 Å². The summed E-state index contributed by atoms with van der Waals surface area (Å²) < 4.78 is 0. The summed E-state index contributed by atoms with van der Waals surface area (Å²) in [6, 6.07) is 11.3. The lowest BCUT2D eigenvalue weighted by Gasteiger charge is -2.31. The van der Waals surface area contributed by atoms with Gasteiger partial charge in [0.05, 0.1) is 0 Å². The first-order valence-electron chi connectivity index (χ1n) is 6.22. The van der Waals surface area contributed by atoms with Crippen LogP contribution >= 0.6 is 0 Å². The molecule has 0 saturated heterocycles. The summed E-state index contributed by atoms with van der Waals surface area (Å²) in [6.45, 7) is 0. The minimum atomic E-state index is 0.801. The largest absolute Gasteiger partial charge is 0.0614 e. The van der Waals surface area contributed by atoms with E-state index in [1.807, 2.05) is 0 Å². The Morgan fingerprint density at radius 3 is 3.06 bits per heavy atom. The Hall–Kier alpha value is -1.30. The number of hydrogen-bond donors (Lipinski definition) is 0. The average molecular weight is 206 g/mol. The number of aryl methyl sites for hydroxylation is 1. The van der Waals surface area contributed by atoms with Gasteiger partial charge in [-0.1, -0.05) is 30.3 Å². The van der Waals surface area contributed by atoms with Crippen LogP contribution in [0.4, 0.5) is 0 Å². The fraction of sp³-hybridized carbons (Fsp3) is 0.312. The zero-order chi connectivity index (χ0) is 10.5. The summed E-state index contributed by atoms with van der Waals surface area (Å²) in [5.74, 6) is 0.801. The van der Waals surface area contributed by atoms with Crippen LogP contribution in [0.5, 0.6) is 0 Å². The van der Waals surface area contributed by atoms with Gasteiger partial charge >= 0.3 is 0 Å². The van der Waals surface area contributed by atoms with Crippen LogP contribution < -0.4 is 0 Å². The SMILES string of the molecule is [C]1CCC2CCc3cccc4ccc1c2c34. The molecule has 0 bridgehead atoms. The van der Waals surface area contributed by atoms with Gasteiger partial charge in [-0.3, -0.25) is 0 Å². The molecule has 0 fully saturated rings. The molecule has 0 heterocycles. The maximum absolute atomic E-state index is 3.55. The van der Waals surface area contributed by atoms with E-state index >= 15 is 0 Å². The van der Waals surface area contributed by atoms with Gasteiger partial charge in [-0.15, -0.1) is 0 Å². The molecule has 2 aromatic carbocycles. The molecule has 0 saturated carbocycles. The van der Waals surface area contributed by atoms with Crippen LogP contribution in [0, 0.1) is 6.42 Å². The van der Waals surface area contributed by atoms with Crippen molar-refractivity contribution in [1.29, 1.82) is 0 Å². The lowest BCUT2D eigenvalue weighted by Crippen LogP contribution is -2.14. The first-order chi connectivity index (χ1) is 7.93. The van der Waals surface area contributed by atoms with Crippen molar-refractivity contribution in [2.75, 3.05) is 0 Å². The molecule has 16 heavy (non-hydrogen) atoms. The van der Waals surface area contributed by atoms with E-state index in [1.165, 1.54) is 30.2 Å².